The molecular weight excluding hydrogens is 769 g/mol. The summed E-state index contributed by atoms with van der Waals surface area (Å²) in [5, 5.41) is 16.9. The Balaban J connectivity index is 1.55. The van der Waals surface area contributed by atoms with Crippen molar-refractivity contribution in [3.05, 3.63) is 48.4 Å². The topological polar surface area (TPSA) is 205 Å². The van der Waals surface area contributed by atoms with E-state index in [0.29, 0.717) is 17.7 Å². The summed E-state index contributed by atoms with van der Waals surface area (Å²) in [5.41, 5.74) is -4.61. The second-order valence-electron chi connectivity index (χ2n) is 16.9. The van der Waals surface area contributed by atoms with Crippen molar-refractivity contribution < 1.29 is 57.2 Å². The molecule has 0 spiro atoms. The number of amides is 2. The highest BCUT2D eigenvalue weighted by molar-refractivity contribution is 6.08. The summed E-state index contributed by atoms with van der Waals surface area (Å²) in [6.45, 7) is 11.6. The Kier molecular flexibility index (Phi) is 13.8. The summed E-state index contributed by atoms with van der Waals surface area (Å²) < 4.78 is 47.0. The second kappa shape index (κ2) is 18.0. The zero-order valence-electron chi connectivity index (χ0n) is 35.4. The van der Waals surface area contributed by atoms with Crippen LogP contribution in [0.1, 0.15) is 80.2 Å². The number of fused-ring (bicyclic) bond motifs is 1. The number of aliphatic hydroxyl groups is 1. The molecule has 0 unspecified atom stereocenters. The zero-order chi connectivity index (χ0) is 43.6. The van der Waals surface area contributed by atoms with Gasteiger partial charge in [-0.2, -0.15) is 0 Å². The number of carbonyl (C=O) groups excluding carboxylic acids is 5. The number of benzene rings is 1. The molecule has 3 aliphatic rings. The Morgan fingerprint density at radius 1 is 1.05 bits per heavy atom. The van der Waals surface area contributed by atoms with Gasteiger partial charge in [0.25, 0.3) is 5.67 Å². The van der Waals surface area contributed by atoms with E-state index in [4.69, 9.17) is 23.7 Å². The summed E-state index contributed by atoms with van der Waals surface area (Å²) in [4.78, 5) is 79.2. The molecule has 5 rings (SSSR count). The predicted molar refractivity (Wildman–Crippen MR) is 210 cm³/mol. The van der Waals surface area contributed by atoms with Crippen LogP contribution < -0.4 is 10.6 Å². The molecule has 4 heterocycles. The van der Waals surface area contributed by atoms with E-state index in [0.717, 1.165) is 12.5 Å². The number of cyclic esters (lactones) is 1. The van der Waals surface area contributed by atoms with Gasteiger partial charge in [0.15, 0.2) is 17.7 Å². The van der Waals surface area contributed by atoms with E-state index in [-0.39, 0.29) is 25.2 Å². The number of carbonyl (C=O) groups is 5. The number of esters is 1. The molecule has 3 saturated heterocycles. The lowest BCUT2D eigenvalue weighted by Gasteiger charge is -2.47. The summed E-state index contributed by atoms with van der Waals surface area (Å²) >= 11 is 0. The molecule has 0 saturated carbocycles. The van der Waals surface area contributed by atoms with Gasteiger partial charge in [0.1, 0.15) is 36.0 Å². The molecule has 3 fully saturated rings. The molecule has 1 aromatic heterocycles. The number of alkyl carbamates (subject to hydrolysis) is 2. The predicted octanol–water partition coefficient (Wildman–Crippen LogP) is 4.31. The maximum absolute atomic E-state index is 16.9. The zero-order valence-corrected chi connectivity index (χ0v) is 35.4. The van der Waals surface area contributed by atoms with Crippen molar-refractivity contribution >= 4 is 29.7 Å². The lowest BCUT2D eigenvalue weighted by Crippen LogP contribution is -2.62. The summed E-state index contributed by atoms with van der Waals surface area (Å²) in [7, 11) is 3.55. The fourth-order valence-corrected chi connectivity index (χ4v) is 8.77. The maximum Gasteiger partial charge on any atom is 0.408 e. The van der Waals surface area contributed by atoms with E-state index in [1.807, 2.05) is 12.1 Å². The van der Waals surface area contributed by atoms with Gasteiger partial charge < -0.3 is 44.3 Å². The Morgan fingerprint density at radius 3 is 2.34 bits per heavy atom. The molecular formula is C42H58FN5O11. The number of hydrogen-bond acceptors (Lipinski definition) is 14. The number of nitrogens with zero attached hydrogens (tertiary/aromatic N) is 3. The Bertz CT molecular complexity index is 1850. The van der Waals surface area contributed by atoms with E-state index in [2.05, 4.69) is 20.6 Å². The number of aromatic nitrogens is 2. The first kappa shape index (κ1) is 45.5. The fraction of sp³-hybridized carbons (Fsp3) is 0.643. The quantitative estimate of drug-likeness (QED) is 0.193. The van der Waals surface area contributed by atoms with Gasteiger partial charge in [0, 0.05) is 42.1 Å². The molecule has 16 nitrogen and oxygen atoms in total. The lowest BCUT2D eigenvalue weighted by atomic mass is 9.73. The van der Waals surface area contributed by atoms with Gasteiger partial charge in [0.05, 0.1) is 17.8 Å². The smallest absolute Gasteiger partial charge is 0.408 e. The number of halogens is 1. The Labute approximate surface area is 344 Å². The summed E-state index contributed by atoms with van der Waals surface area (Å²) in [5.74, 6) is -6.69. The van der Waals surface area contributed by atoms with Crippen LogP contribution in [0.5, 0.6) is 0 Å². The molecule has 0 radical (unpaired) electrons. The number of hydrogen-bond donors (Lipinski definition) is 3. The van der Waals surface area contributed by atoms with Gasteiger partial charge in [-0.25, -0.2) is 28.7 Å². The monoisotopic (exact) mass is 827 g/mol. The van der Waals surface area contributed by atoms with Crippen LogP contribution in [0.15, 0.2) is 42.9 Å². The normalized spacial score (nSPS) is 37.1. The van der Waals surface area contributed by atoms with E-state index >= 15 is 4.39 Å². The largest absolute Gasteiger partial charge is 0.455 e. The third-order valence-electron chi connectivity index (χ3n) is 12.1. The molecule has 0 bridgehead atoms. The van der Waals surface area contributed by atoms with E-state index in [1.165, 1.54) is 27.1 Å². The number of ether oxygens (including phenoxy) is 5. The minimum Gasteiger partial charge on any atom is -0.455 e. The van der Waals surface area contributed by atoms with Gasteiger partial charge in [-0.3, -0.25) is 9.59 Å². The molecule has 3 aliphatic heterocycles. The van der Waals surface area contributed by atoms with Crippen molar-refractivity contribution in [1.29, 1.82) is 0 Å². The van der Waals surface area contributed by atoms with Crippen molar-refractivity contribution in [2.75, 3.05) is 14.1 Å². The molecule has 3 N–H and O–H groups in total. The van der Waals surface area contributed by atoms with Crippen molar-refractivity contribution in [2.45, 2.75) is 141 Å². The number of nitrogens with one attached hydrogen (secondary N) is 2. The van der Waals surface area contributed by atoms with Gasteiger partial charge in [-0.05, 0) is 72.7 Å². The first-order chi connectivity index (χ1) is 27.6. The van der Waals surface area contributed by atoms with Crippen LogP contribution in [0.4, 0.5) is 14.0 Å². The van der Waals surface area contributed by atoms with Crippen molar-refractivity contribution in [3.8, 4) is 11.3 Å². The van der Waals surface area contributed by atoms with Gasteiger partial charge in [-0.15, -0.1) is 0 Å². The third-order valence-corrected chi connectivity index (χ3v) is 12.1. The molecule has 0 aliphatic carbocycles. The van der Waals surface area contributed by atoms with Crippen LogP contribution in [0.2, 0.25) is 0 Å². The highest BCUT2D eigenvalue weighted by Crippen LogP contribution is 2.41. The summed E-state index contributed by atoms with van der Waals surface area (Å²) in [6, 6.07) is 7.52. The van der Waals surface area contributed by atoms with Crippen LogP contribution in [0.3, 0.4) is 0 Å². The van der Waals surface area contributed by atoms with Crippen LogP contribution in [0.25, 0.3) is 11.3 Å². The molecule has 1 aromatic carbocycles. The minimum atomic E-state index is -3.29. The van der Waals surface area contributed by atoms with Crippen molar-refractivity contribution in [2.24, 2.45) is 17.8 Å². The van der Waals surface area contributed by atoms with Gasteiger partial charge in [-0.1, -0.05) is 52.0 Å². The number of likely N-dealkylation sites (N-methyl/N-ethyl adjacent to an activating group) is 1. The standard InChI is InChI=1S/C42H58FN5O11/c1-11-30-42(8)33(47-39(54)59-42)24(4)31(49)22(2)19-40(6,58-38(53)45-20-26-12-14-27(15-13-26)28-16-17-44-21-46-28)35(25(5)34(51)41(7,43)37(52)56-30)57-36-32(50)29(48(9)10)18-23(3)55-36/h12-17,21-25,29-30,32-33,35-36,50H,11,18-20H2,1-10H3,(H,45,53)(H,47,54)/t22-,23-,24+,25+,29+,30-,32-,33-,35-,36+,40-,41+,42-/m1/s1. The fourth-order valence-electron chi connectivity index (χ4n) is 8.77. The number of Topliss-reactive ketones (excluding diaryl/α,β-unsaturated/α-hetero) is 2. The molecule has 324 valence electrons. The lowest BCUT2D eigenvalue weighted by molar-refractivity contribution is -0.292. The van der Waals surface area contributed by atoms with Gasteiger partial charge in [0.2, 0.25) is 0 Å². The van der Waals surface area contributed by atoms with Crippen molar-refractivity contribution in [3.63, 3.8) is 0 Å². The first-order valence-electron chi connectivity index (χ1n) is 20.1. The van der Waals surface area contributed by atoms with Crippen LogP contribution in [-0.4, -0.2) is 123 Å². The average molecular weight is 828 g/mol. The molecule has 13 atom stereocenters. The Hall–Kier alpha value is -4.58. The number of aliphatic hydroxyl groups excluding tert-OH is 1. The Morgan fingerprint density at radius 2 is 1.73 bits per heavy atom. The number of rotatable bonds is 8. The van der Waals surface area contributed by atoms with Crippen LogP contribution in [-0.2, 0) is 44.6 Å². The van der Waals surface area contributed by atoms with E-state index in [9.17, 15) is 29.1 Å². The number of ketones is 2. The summed E-state index contributed by atoms with van der Waals surface area (Å²) in [6.07, 6.45) is -4.57. The third kappa shape index (κ3) is 9.58. The highest BCUT2D eigenvalue weighted by atomic mass is 19.1. The molecule has 2 amide bonds. The molecule has 2 aromatic rings. The highest BCUT2D eigenvalue weighted by Gasteiger charge is 2.60. The minimum absolute atomic E-state index is 0.00389. The molecule has 59 heavy (non-hydrogen) atoms. The second-order valence-corrected chi connectivity index (χ2v) is 16.9. The number of alkyl halides is 1. The molecule has 17 heteroatoms. The SMILES string of the molecule is CC[C@H]1OC(=O)[C@@](C)(F)C(=O)[C@H](C)[C@@H](O[C@@H]2O[C@H](C)C[C@H](N(C)C)[C@H]2O)[C@](C)(OC(=O)NCc2ccc(-c3ccncn3)cc2)C[C@@H](C)C(=O)[C@H](C)[C@H]2NC(=O)O[C@@]21C. The van der Waals surface area contributed by atoms with Crippen LogP contribution in [0, 0.1) is 17.8 Å². The van der Waals surface area contributed by atoms with Crippen LogP contribution >= 0.6 is 0 Å². The van der Waals surface area contributed by atoms with E-state index in [1.54, 1.807) is 71.1 Å². The first-order valence-corrected chi connectivity index (χ1v) is 20.1. The van der Waals surface area contributed by atoms with Crippen molar-refractivity contribution in [1.82, 2.24) is 25.5 Å². The average Bonchev–Trinajstić information content (AvgIpc) is 3.51. The maximum atomic E-state index is 16.9. The van der Waals surface area contributed by atoms with E-state index < -0.39 is 101 Å². The van der Waals surface area contributed by atoms with Gasteiger partial charge >= 0.3 is 18.2 Å².